The summed E-state index contributed by atoms with van der Waals surface area (Å²) >= 11 is 4.53. The topological polar surface area (TPSA) is 60.7 Å². The molecule has 0 bridgehead atoms. The highest BCUT2D eigenvalue weighted by molar-refractivity contribution is 7.98. The number of rotatable bonds is 4. The zero-order valence-corrected chi connectivity index (χ0v) is 15.1. The minimum absolute atomic E-state index is 0.00459. The second kappa shape index (κ2) is 6.46. The molecule has 0 aliphatic rings. The summed E-state index contributed by atoms with van der Waals surface area (Å²) in [6.07, 6.45) is 1.76. The Kier molecular flexibility index (Phi) is 4.17. The SMILES string of the molecule is Cn1c(SCc2csc(-c3ccccn3)n2)nc2ccsc2c1=O. The molecule has 8 heteroatoms. The van der Waals surface area contributed by atoms with Gasteiger partial charge in [0.25, 0.3) is 5.56 Å². The van der Waals surface area contributed by atoms with Crippen LogP contribution in [0.15, 0.2) is 51.2 Å². The summed E-state index contributed by atoms with van der Waals surface area (Å²) in [5.74, 6) is 0.666. The number of pyridine rings is 1. The molecule has 0 aliphatic carbocycles. The smallest absolute Gasteiger partial charge is 0.271 e. The Morgan fingerprint density at radius 3 is 2.96 bits per heavy atom. The van der Waals surface area contributed by atoms with E-state index in [2.05, 4.69) is 15.0 Å². The van der Waals surface area contributed by atoms with E-state index in [0.717, 1.165) is 21.9 Å². The summed E-state index contributed by atoms with van der Waals surface area (Å²) in [6, 6.07) is 7.67. The highest BCUT2D eigenvalue weighted by Crippen LogP contribution is 2.26. The van der Waals surface area contributed by atoms with Crippen LogP contribution >= 0.6 is 34.4 Å². The van der Waals surface area contributed by atoms with Gasteiger partial charge in [-0.2, -0.15) is 0 Å². The monoisotopic (exact) mass is 372 g/mol. The van der Waals surface area contributed by atoms with E-state index < -0.39 is 0 Å². The van der Waals surface area contributed by atoms with Gasteiger partial charge in [0.05, 0.1) is 16.9 Å². The molecule has 4 aromatic rings. The number of thioether (sulfide) groups is 1. The van der Waals surface area contributed by atoms with Gasteiger partial charge < -0.3 is 0 Å². The number of thiazole rings is 1. The largest absolute Gasteiger partial charge is 0.290 e. The van der Waals surface area contributed by atoms with E-state index in [1.54, 1.807) is 29.1 Å². The van der Waals surface area contributed by atoms with Crippen molar-refractivity contribution in [1.82, 2.24) is 19.5 Å². The molecule has 0 spiro atoms. The highest BCUT2D eigenvalue weighted by atomic mass is 32.2. The first kappa shape index (κ1) is 15.5. The maximum absolute atomic E-state index is 12.3. The van der Waals surface area contributed by atoms with Gasteiger partial charge in [0.1, 0.15) is 9.71 Å². The first-order valence-electron chi connectivity index (χ1n) is 7.15. The molecule has 0 aliphatic heterocycles. The summed E-state index contributed by atoms with van der Waals surface area (Å²) in [5, 5.41) is 5.53. The van der Waals surface area contributed by atoms with E-state index in [0.29, 0.717) is 15.6 Å². The minimum Gasteiger partial charge on any atom is -0.290 e. The number of hydrogen-bond donors (Lipinski definition) is 0. The fourth-order valence-corrected chi connectivity index (χ4v) is 4.79. The molecule has 0 amide bonds. The Bertz CT molecular complexity index is 1050. The summed E-state index contributed by atoms with van der Waals surface area (Å²) in [6.45, 7) is 0. The first-order chi connectivity index (χ1) is 11.7. The van der Waals surface area contributed by atoms with Gasteiger partial charge >= 0.3 is 0 Å². The van der Waals surface area contributed by atoms with Crippen LogP contribution < -0.4 is 5.56 Å². The van der Waals surface area contributed by atoms with Crippen LogP contribution in [0, 0.1) is 0 Å². The van der Waals surface area contributed by atoms with Crippen LogP contribution in [0.25, 0.3) is 20.9 Å². The zero-order valence-electron chi connectivity index (χ0n) is 12.7. The predicted octanol–water partition coefficient (Wildman–Crippen LogP) is 3.81. The van der Waals surface area contributed by atoms with Crippen molar-refractivity contribution in [3.63, 3.8) is 0 Å². The molecule has 0 saturated heterocycles. The van der Waals surface area contributed by atoms with E-state index >= 15 is 0 Å². The van der Waals surface area contributed by atoms with E-state index in [4.69, 9.17) is 0 Å². The molecule has 0 atom stereocenters. The Hall–Kier alpha value is -2.03. The van der Waals surface area contributed by atoms with Crippen molar-refractivity contribution >= 4 is 44.7 Å². The molecule has 0 radical (unpaired) electrons. The van der Waals surface area contributed by atoms with Gasteiger partial charge in [-0.3, -0.25) is 14.3 Å². The summed E-state index contributed by atoms with van der Waals surface area (Å²) in [4.78, 5) is 25.8. The fraction of sp³-hybridized carbons (Fsp3) is 0.125. The molecule has 4 rings (SSSR count). The molecule has 0 saturated carbocycles. The molecule has 4 heterocycles. The molecule has 120 valence electrons. The van der Waals surface area contributed by atoms with E-state index in [1.165, 1.54) is 23.1 Å². The van der Waals surface area contributed by atoms with Crippen molar-refractivity contribution < 1.29 is 0 Å². The van der Waals surface area contributed by atoms with Crippen LogP contribution in [-0.2, 0) is 12.8 Å². The highest BCUT2D eigenvalue weighted by Gasteiger charge is 2.11. The second-order valence-corrected chi connectivity index (χ2v) is 7.76. The lowest BCUT2D eigenvalue weighted by molar-refractivity contribution is 0.727. The number of nitrogens with zero attached hydrogens (tertiary/aromatic N) is 4. The Balaban J connectivity index is 1.56. The van der Waals surface area contributed by atoms with Gasteiger partial charge in [-0.05, 0) is 23.6 Å². The lowest BCUT2D eigenvalue weighted by Gasteiger charge is -2.05. The molecule has 0 unspecified atom stereocenters. The zero-order chi connectivity index (χ0) is 16.5. The molecular formula is C16H12N4OS3. The van der Waals surface area contributed by atoms with Gasteiger partial charge in [-0.1, -0.05) is 17.8 Å². The van der Waals surface area contributed by atoms with Crippen molar-refractivity contribution in [1.29, 1.82) is 0 Å². The van der Waals surface area contributed by atoms with Gasteiger partial charge in [0.2, 0.25) is 0 Å². The van der Waals surface area contributed by atoms with Crippen LogP contribution in [0.5, 0.6) is 0 Å². The van der Waals surface area contributed by atoms with Crippen molar-refractivity contribution in [2.24, 2.45) is 7.05 Å². The number of fused-ring (bicyclic) bond motifs is 1. The quantitative estimate of drug-likeness (QED) is 0.403. The Morgan fingerprint density at radius 1 is 1.21 bits per heavy atom. The maximum atomic E-state index is 12.3. The predicted molar refractivity (Wildman–Crippen MR) is 99.8 cm³/mol. The minimum atomic E-state index is 0.00459. The third-order valence-corrected chi connectivity index (χ3v) is 6.30. The van der Waals surface area contributed by atoms with Gasteiger partial charge in [-0.25, -0.2) is 9.97 Å². The van der Waals surface area contributed by atoms with Crippen molar-refractivity contribution in [2.75, 3.05) is 0 Å². The van der Waals surface area contributed by atoms with E-state index in [-0.39, 0.29) is 5.56 Å². The molecular weight excluding hydrogens is 360 g/mol. The lowest BCUT2D eigenvalue weighted by atomic mass is 10.4. The first-order valence-corrected chi connectivity index (χ1v) is 9.90. The average Bonchev–Trinajstić information content (AvgIpc) is 3.27. The molecule has 0 aromatic carbocycles. The van der Waals surface area contributed by atoms with Crippen LogP contribution in [0.4, 0.5) is 0 Å². The standard InChI is InChI=1S/C16H12N4OS3/c1-20-15(21)13-11(5-7-22-13)19-16(20)24-9-10-8-23-14(18-10)12-4-2-3-6-17-12/h2-8H,9H2,1H3. The van der Waals surface area contributed by atoms with Crippen LogP contribution in [0.1, 0.15) is 5.69 Å². The molecule has 5 nitrogen and oxygen atoms in total. The average molecular weight is 373 g/mol. The normalized spacial score (nSPS) is 11.2. The lowest BCUT2D eigenvalue weighted by Crippen LogP contribution is -2.18. The van der Waals surface area contributed by atoms with E-state index in [9.17, 15) is 4.79 Å². The van der Waals surface area contributed by atoms with Crippen LogP contribution in [0.3, 0.4) is 0 Å². The maximum Gasteiger partial charge on any atom is 0.271 e. The van der Waals surface area contributed by atoms with Gasteiger partial charge in [-0.15, -0.1) is 22.7 Å². The Morgan fingerprint density at radius 2 is 2.12 bits per heavy atom. The summed E-state index contributed by atoms with van der Waals surface area (Å²) in [7, 11) is 1.76. The molecule has 4 aromatic heterocycles. The second-order valence-electron chi connectivity index (χ2n) is 5.04. The van der Waals surface area contributed by atoms with Crippen LogP contribution in [-0.4, -0.2) is 19.5 Å². The number of aromatic nitrogens is 4. The summed E-state index contributed by atoms with van der Waals surface area (Å²) in [5.41, 5.74) is 2.61. The van der Waals surface area contributed by atoms with Crippen molar-refractivity contribution in [3.8, 4) is 10.7 Å². The van der Waals surface area contributed by atoms with Crippen molar-refractivity contribution in [2.45, 2.75) is 10.9 Å². The van der Waals surface area contributed by atoms with Crippen molar-refractivity contribution in [3.05, 3.63) is 57.3 Å². The third-order valence-electron chi connectivity index (χ3n) is 3.43. The molecule has 0 fully saturated rings. The Labute approximate surface area is 150 Å². The molecule has 0 N–H and O–H groups in total. The third kappa shape index (κ3) is 2.88. The molecule has 24 heavy (non-hydrogen) atoms. The van der Waals surface area contributed by atoms with Crippen LogP contribution in [0.2, 0.25) is 0 Å². The number of thiophene rings is 1. The van der Waals surface area contributed by atoms with E-state index in [1.807, 2.05) is 35.0 Å². The van der Waals surface area contributed by atoms with Gasteiger partial charge in [0.15, 0.2) is 5.16 Å². The van der Waals surface area contributed by atoms with Gasteiger partial charge in [0, 0.05) is 24.4 Å². The fourth-order valence-electron chi connectivity index (χ4n) is 2.22. The number of hydrogen-bond acceptors (Lipinski definition) is 7. The summed E-state index contributed by atoms with van der Waals surface area (Å²) < 4.78 is 2.31.